The van der Waals surface area contributed by atoms with Gasteiger partial charge in [0.15, 0.2) is 5.82 Å². The fourth-order valence-corrected chi connectivity index (χ4v) is 1.77. The summed E-state index contributed by atoms with van der Waals surface area (Å²) in [7, 11) is 0. The van der Waals surface area contributed by atoms with E-state index in [0.717, 1.165) is 16.5 Å². The first-order valence-corrected chi connectivity index (χ1v) is 5.85. The van der Waals surface area contributed by atoms with Gasteiger partial charge in [-0.05, 0) is 34.5 Å². The van der Waals surface area contributed by atoms with Crippen molar-refractivity contribution in [2.45, 2.75) is 19.4 Å². The van der Waals surface area contributed by atoms with Crippen molar-refractivity contribution in [3.05, 3.63) is 34.6 Å². The summed E-state index contributed by atoms with van der Waals surface area (Å²) >= 11 is 3.44. The van der Waals surface area contributed by atoms with Crippen LogP contribution in [0.2, 0.25) is 0 Å². The smallest absolute Gasteiger partial charge is 0.259 e. The largest absolute Gasteiger partial charge is 0.334 e. The van der Waals surface area contributed by atoms with E-state index < -0.39 is 0 Å². The Hall–Kier alpha value is -1.20. The fraction of sp³-hybridized carbons (Fsp3) is 0.273. The Morgan fingerprint density at radius 1 is 1.44 bits per heavy atom. The number of halogens is 1. The number of nitrogens with zero attached hydrogens (tertiary/aromatic N) is 2. The van der Waals surface area contributed by atoms with E-state index in [1.54, 1.807) is 0 Å². The molecule has 2 N–H and O–H groups in total. The van der Waals surface area contributed by atoms with E-state index in [9.17, 15) is 0 Å². The highest BCUT2D eigenvalue weighted by Gasteiger charge is 2.14. The van der Waals surface area contributed by atoms with Crippen molar-refractivity contribution in [3.8, 4) is 11.5 Å². The van der Waals surface area contributed by atoms with Gasteiger partial charge in [-0.1, -0.05) is 24.2 Å². The van der Waals surface area contributed by atoms with Gasteiger partial charge in [-0.15, -0.1) is 0 Å². The van der Waals surface area contributed by atoms with Gasteiger partial charge in [-0.2, -0.15) is 4.98 Å². The molecule has 2 rings (SSSR count). The van der Waals surface area contributed by atoms with Crippen LogP contribution < -0.4 is 5.73 Å². The molecule has 5 heteroatoms. The molecule has 0 amide bonds. The van der Waals surface area contributed by atoms with Crippen molar-refractivity contribution in [1.82, 2.24) is 10.1 Å². The lowest BCUT2D eigenvalue weighted by Crippen LogP contribution is -2.10. The molecule has 0 aliphatic heterocycles. The number of aromatic nitrogens is 2. The minimum absolute atomic E-state index is 0.167. The molecule has 0 bridgehead atoms. The molecule has 84 valence electrons. The van der Waals surface area contributed by atoms with Gasteiger partial charge in [-0.25, -0.2) is 0 Å². The van der Waals surface area contributed by atoms with E-state index in [2.05, 4.69) is 26.1 Å². The zero-order chi connectivity index (χ0) is 11.5. The normalized spacial score (nSPS) is 12.7. The Morgan fingerprint density at radius 3 is 2.88 bits per heavy atom. The molecule has 0 aliphatic rings. The summed E-state index contributed by atoms with van der Waals surface area (Å²) in [5.41, 5.74) is 6.71. The Morgan fingerprint density at radius 2 is 2.19 bits per heavy atom. The number of rotatable bonds is 3. The van der Waals surface area contributed by atoms with Crippen LogP contribution in [0.15, 0.2) is 33.3 Å². The van der Waals surface area contributed by atoms with E-state index in [1.165, 1.54) is 0 Å². The topological polar surface area (TPSA) is 64.9 Å². The zero-order valence-corrected chi connectivity index (χ0v) is 10.4. The van der Waals surface area contributed by atoms with Gasteiger partial charge >= 0.3 is 0 Å². The third kappa shape index (κ3) is 2.15. The van der Waals surface area contributed by atoms with Gasteiger partial charge in [0.2, 0.25) is 0 Å². The molecule has 1 unspecified atom stereocenters. The maximum atomic E-state index is 5.83. The van der Waals surface area contributed by atoms with Crippen LogP contribution in [0.1, 0.15) is 25.2 Å². The summed E-state index contributed by atoms with van der Waals surface area (Å²) in [6, 6.07) is 7.53. The van der Waals surface area contributed by atoms with Crippen LogP contribution in [-0.2, 0) is 0 Å². The summed E-state index contributed by atoms with van der Waals surface area (Å²) in [6.07, 6.45) is 0.787. The molecule has 0 saturated carbocycles. The second-order valence-electron chi connectivity index (χ2n) is 3.45. The first-order valence-electron chi connectivity index (χ1n) is 5.06. The van der Waals surface area contributed by atoms with E-state index >= 15 is 0 Å². The molecule has 1 heterocycles. The van der Waals surface area contributed by atoms with Gasteiger partial charge in [-0.3, -0.25) is 0 Å². The molecular weight excluding hydrogens is 270 g/mol. The number of benzene rings is 1. The number of hydrogen-bond donors (Lipinski definition) is 1. The lowest BCUT2D eigenvalue weighted by atomic mass is 10.2. The van der Waals surface area contributed by atoms with Gasteiger partial charge in [0.1, 0.15) is 0 Å². The molecule has 4 nitrogen and oxygen atoms in total. The molecule has 0 radical (unpaired) electrons. The average Bonchev–Trinajstić information content (AvgIpc) is 2.78. The van der Waals surface area contributed by atoms with Crippen LogP contribution in [0, 0.1) is 0 Å². The van der Waals surface area contributed by atoms with E-state index in [-0.39, 0.29) is 6.04 Å². The molecule has 1 aromatic carbocycles. The second kappa shape index (κ2) is 4.76. The van der Waals surface area contributed by atoms with Crippen LogP contribution in [0.4, 0.5) is 0 Å². The quantitative estimate of drug-likeness (QED) is 0.940. The van der Waals surface area contributed by atoms with Crippen molar-refractivity contribution in [2.75, 3.05) is 0 Å². The van der Waals surface area contributed by atoms with Crippen molar-refractivity contribution < 1.29 is 4.52 Å². The molecular formula is C11H12BrN3O. The van der Waals surface area contributed by atoms with E-state index in [4.69, 9.17) is 10.3 Å². The Bertz CT molecular complexity index is 484. The van der Waals surface area contributed by atoms with Gasteiger partial charge in [0, 0.05) is 4.47 Å². The Labute approximate surface area is 102 Å². The SMILES string of the molecule is CCC(N)c1noc(-c2ccccc2Br)n1. The van der Waals surface area contributed by atoms with Crippen molar-refractivity contribution in [1.29, 1.82) is 0 Å². The van der Waals surface area contributed by atoms with Gasteiger partial charge in [0.25, 0.3) is 5.89 Å². The van der Waals surface area contributed by atoms with Crippen LogP contribution in [0.3, 0.4) is 0 Å². The minimum Gasteiger partial charge on any atom is -0.334 e. The number of nitrogens with two attached hydrogens (primary N) is 1. The Kier molecular flexibility index (Phi) is 3.36. The maximum absolute atomic E-state index is 5.83. The second-order valence-corrected chi connectivity index (χ2v) is 4.31. The minimum atomic E-state index is -0.167. The summed E-state index contributed by atoms with van der Waals surface area (Å²) in [6.45, 7) is 1.99. The molecule has 16 heavy (non-hydrogen) atoms. The maximum Gasteiger partial charge on any atom is 0.259 e. The van der Waals surface area contributed by atoms with E-state index in [1.807, 2.05) is 31.2 Å². The fourth-order valence-electron chi connectivity index (χ4n) is 1.31. The zero-order valence-electron chi connectivity index (χ0n) is 8.85. The van der Waals surface area contributed by atoms with Crippen LogP contribution >= 0.6 is 15.9 Å². The lowest BCUT2D eigenvalue weighted by molar-refractivity contribution is 0.415. The first-order chi connectivity index (χ1) is 7.72. The van der Waals surface area contributed by atoms with Crippen LogP contribution in [0.5, 0.6) is 0 Å². The third-order valence-corrected chi connectivity index (χ3v) is 3.01. The molecule has 0 saturated heterocycles. The van der Waals surface area contributed by atoms with E-state index in [0.29, 0.717) is 11.7 Å². The molecule has 2 aromatic rings. The van der Waals surface area contributed by atoms with Gasteiger partial charge in [0.05, 0.1) is 11.6 Å². The number of hydrogen-bond acceptors (Lipinski definition) is 4. The predicted molar refractivity (Wildman–Crippen MR) is 64.7 cm³/mol. The highest BCUT2D eigenvalue weighted by molar-refractivity contribution is 9.10. The highest BCUT2D eigenvalue weighted by atomic mass is 79.9. The third-order valence-electron chi connectivity index (χ3n) is 2.32. The summed E-state index contributed by atoms with van der Waals surface area (Å²) in [4.78, 5) is 4.28. The van der Waals surface area contributed by atoms with Crippen LogP contribution in [-0.4, -0.2) is 10.1 Å². The Balaban J connectivity index is 2.35. The standard InChI is InChI=1S/C11H12BrN3O/c1-2-9(13)10-14-11(16-15-10)7-5-3-4-6-8(7)12/h3-6,9H,2,13H2,1H3. The molecule has 0 spiro atoms. The lowest BCUT2D eigenvalue weighted by Gasteiger charge is -1.99. The average molecular weight is 282 g/mol. The first kappa shape index (κ1) is 11.3. The summed E-state index contributed by atoms with van der Waals surface area (Å²) < 4.78 is 6.11. The molecule has 1 atom stereocenters. The summed E-state index contributed by atoms with van der Waals surface area (Å²) in [5.74, 6) is 1.04. The summed E-state index contributed by atoms with van der Waals surface area (Å²) in [5, 5.41) is 3.87. The highest BCUT2D eigenvalue weighted by Crippen LogP contribution is 2.27. The monoisotopic (exact) mass is 281 g/mol. The molecule has 0 fully saturated rings. The van der Waals surface area contributed by atoms with Crippen molar-refractivity contribution in [2.24, 2.45) is 5.73 Å². The molecule has 1 aromatic heterocycles. The predicted octanol–water partition coefficient (Wildman–Crippen LogP) is 2.91. The van der Waals surface area contributed by atoms with Crippen molar-refractivity contribution >= 4 is 15.9 Å². The van der Waals surface area contributed by atoms with Crippen LogP contribution in [0.25, 0.3) is 11.5 Å². The molecule has 0 aliphatic carbocycles. The van der Waals surface area contributed by atoms with Gasteiger partial charge < -0.3 is 10.3 Å². The van der Waals surface area contributed by atoms with Crippen molar-refractivity contribution in [3.63, 3.8) is 0 Å².